The average Bonchev–Trinajstić information content (AvgIpc) is 3.86. The van der Waals surface area contributed by atoms with E-state index in [-0.39, 0.29) is 55.8 Å². The molecule has 7 N–H and O–H groups in total. The largest absolute Gasteiger partial charge is 0.490 e. The first-order valence-corrected chi connectivity index (χ1v) is 18.5. The summed E-state index contributed by atoms with van der Waals surface area (Å²) in [4.78, 5) is 67.2. The van der Waals surface area contributed by atoms with E-state index >= 15 is 0 Å². The lowest BCUT2D eigenvalue weighted by atomic mass is 9.80. The second kappa shape index (κ2) is 22.2. The number of piperidine rings is 2. The van der Waals surface area contributed by atoms with Gasteiger partial charge < -0.3 is 60.1 Å². The van der Waals surface area contributed by atoms with Crippen LogP contribution in [-0.4, -0.2) is 140 Å². The van der Waals surface area contributed by atoms with Gasteiger partial charge in [-0.15, -0.1) is 0 Å². The number of nitrogens with zero attached hydrogens (tertiary/aromatic N) is 5. The van der Waals surface area contributed by atoms with Gasteiger partial charge in [-0.3, -0.25) is 18.7 Å². The van der Waals surface area contributed by atoms with Gasteiger partial charge in [0.2, 0.25) is 11.8 Å². The highest BCUT2D eigenvalue weighted by Crippen LogP contribution is 2.23. The van der Waals surface area contributed by atoms with Crippen molar-refractivity contribution in [3.8, 4) is 0 Å². The molecule has 4 aliphatic heterocycles. The van der Waals surface area contributed by atoms with Crippen molar-refractivity contribution in [2.75, 3.05) is 63.2 Å². The monoisotopic (exact) mass is 832 g/mol. The Morgan fingerprint density at radius 2 is 1.24 bits per heavy atom. The fourth-order valence-corrected chi connectivity index (χ4v) is 6.30. The number of ether oxygens (including phenoxy) is 4. The third-order valence-corrected chi connectivity index (χ3v) is 9.41. The molecule has 0 bridgehead atoms. The summed E-state index contributed by atoms with van der Waals surface area (Å²) in [6, 6.07) is 3.09. The Morgan fingerprint density at radius 3 is 1.59 bits per heavy atom. The maximum absolute atomic E-state index is 12.2. The van der Waals surface area contributed by atoms with Crippen LogP contribution in [0, 0.1) is 11.8 Å². The van der Waals surface area contributed by atoms with Crippen molar-refractivity contribution in [3.05, 3.63) is 45.5 Å². The summed E-state index contributed by atoms with van der Waals surface area (Å²) < 4.78 is 55.3. The van der Waals surface area contributed by atoms with E-state index in [4.69, 9.17) is 39.1 Å². The Hall–Kier alpha value is -4.34. The van der Waals surface area contributed by atoms with Crippen LogP contribution in [0.3, 0.4) is 0 Å². The van der Waals surface area contributed by atoms with Crippen molar-refractivity contribution in [2.45, 2.75) is 76.6 Å². The molecule has 322 valence electrons. The highest BCUT2D eigenvalue weighted by Gasteiger charge is 2.38. The molecule has 0 saturated carbocycles. The van der Waals surface area contributed by atoms with E-state index in [1.165, 1.54) is 27.6 Å². The molecule has 6 heterocycles. The molecular weight excluding hydrogens is 784 g/mol. The van der Waals surface area contributed by atoms with Crippen LogP contribution in [0.4, 0.5) is 24.8 Å². The number of amides is 2. The summed E-state index contributed by atoms with van der Waals surface area (Å²) in [5.41, 5.74) is -1.10. The van der Waals surface area contributed by atoms with E-state index in [0.717, 1.165) is 51.9 Å². The highest BCUT2D eigenvalue weighted by atomic mass is 19.4. The molecule has 4 atom stereocenters. The molecule has 0 unspecified atom stereocenters. The normalized spacial score (nSPS) is 22.9. The lowest BCUT2D eigenvalue weighted by molar-refractivity contribution is -0.192. The van der Waals surface area contributed by atoms with Crippen molar-refractivity contribution in [1.82, 2.24) is 29.2 Å². The zero-order valence-corrected chi connectivity index (χ0v) is 31.6. The first kappa shape index (κ1) is 46.4. The number of anilines is 2. The van der Waals surface area contributed by atoms with Crippen molar-refractivity contribution >= 4 is 36.5 Å². The van der Waals surface area contributed by atoms with E-state index in [1.807, 2.05) is 4.81 Å². The lowest BCUT2D eigenvalue weighted by Crippen LogP contribution is -2.43. The molecule has 4 aliphatic rings. The summed E-state index contributed by atoms with van der Waals surface area (Å²) in [5.74, 6) is -2.03. The van der Waals surface area contributed by atoms with E-state index in [1.54, 1.807) is 12.9 Å². The molecule has 0 aromatic carbocycles. The molecule has 0 radical (unpaired) electrons. The van der Waals surface area contributed by atoms with E-state index in [0.29, 0.717) is 18.8 Å². The molecule has 21 nitrogen and oxygen atoms in total. The van der Waals surface area contributed by atoms with Gasteiger partial charge >= 0.3 is 30.6 Å². The number of carbonyl (C=O) groups excluding carboxylic acids is 2. The van der Waals surface area contributed by atoms with Crippen molar-refractivity contribution in [3.63, 3.8) is 0 Å². The van der Waals surface area contributed by atoms with Crippen LogP contribution in [-0.2, 0) is 33.3 Å². The number of carboxylic acids is 1. The molecule has 0 aliphatic carbocycles. The molecule has 4 saturated heterocycles. The number of hydrogen-bond donors (Lipinski definition) is 7. The molecular formula is C33H48BF3N8O13. The van der Waals surface area contributed by atoms with Crippen LogP contribution < -0.4 is 27.3 Å². The molecule has 0 spiro atoms. The van der Waals surface area contributed by atoms with Crippen molar-refractivity contribution in [2.24, 2.45) is 11.8 Å². The van der Waals surface area contributed by atoms with Gasteiger partial charge in [-0.2, -0.15) is 23.1 Å². The maximum atomic E-state index is 12.2. The topological polar surface area (TPSA) is 278 Å². The number of alkyl halides is 3. The smallest absolute Gasteiger partial charge is 0.475 e. The number of aliphatic carboxylic acids is 1. The summed E-state index contributed by atoms with van der Waals surface area (Å²) >= 11 is 0. The highest BCUT2D eigenvalue weighted by molar-refractivity contribution is 6.45. The van der Waals surface area contributed by atoms with Crippen LogP contribution in [0.5, 0.6) is 0 Å². The Kier molecular flexibility index (Phi) is 17.7. The molecule has 25 heteroatoms. The minimum atomic E-state index is -5.08. The minimum absolute atomic E-state index is 0.132. The Bertz CT molecular complexity index is 1770. The van der Waals surface area contributed by atoms with Gasteiger partial charge in [0.15, 0.2) is 25.0 Å². The number of hydrogen-bond acceptors (Lipinski definition) is 16. The zero-order valence-electron chi connectivity index (χ0n) is 31.6. The number of aliphatic hydroxyl groups is 2. The van der Waals surface area contributed by atoms with Crippen molar-refractivity contribution in [1.29, 1.82) is 0 Å². The molecule has 2 amide bonds. The zero-order chi connectivity index (χ0) is 42.4. The van der Waals surface area contributed by atoms with Crippen LogP contribution in [0.1, 0.15) is 51.0 Å². The summed E-state index contributed by atoms with van der Waals surface area (Å²) in [6.45, 7) is 4.89. The second-order valence-corrected chi connectivity index (χ2v) is 13.7. The maximum Gasteiger partial charge on any atom is 0.490 e. The van der Waals surface area contributed by atoms with Crippen LogP contribution >= 0.6 is 0 Å². The van der Waals surface area contributed by atoms with Gasteiger partial charge in [-0.05, 0) is 82.7 Å². The van der Waals surface area contributed by atoms with Crippen LogP contribution in [0.25, 0.3) is 0 Å². The number of aromatic nitrogens is 4. The Morgan fingerprint density at radius 1 is 0.828 bits per heavy atom. The number of halogens is 3. The molecule has 58 heavy (non-hydrogen) atoms. The van der Waals surface area contributed by atoms with Crippen LogP contribution in [0.15, 0.2) is 34.1 Å². The Labute approximate surface area is 329 Å². The number of nitrogens with one attached hydrogen (secondary N) is 3. The fraction of sp³-hybridized carbons (Fsp3) is 0.667. The molecule has 4 fully saturated rings. The molecule has 2 aromatic rings. The van der Waals surface area contributed by atoms with Gasteiger partial charge in [-0.25, -0.2) is 14.4 Å². The number of rotatable bonds is 11. The lowest BCUT2D eigenvalue weighted by Gasteiger charge is -2.32. The van der Waals surface area contributed by atoms with E-state index < -0.39 is 55.6 Å². The molecule has 6 rings (SSSR count). The first-order chi connectivity index (χ1) is 27.6. The minimum Gasteiger partial charge on any atom is -0.475 e. The molecule has 2 aromatic heterocycles. The summed E-state index contributed by atoms with van der Waals surface area (Å²) in [7, 11) is -0.461. The number of aliphatic hydroxyl groups excluding tert-OH is 2. The third-order valence-electron chi connectivity index (χ3n) is 9.41. The van der Waals surface area contributed by atoms with E-state index in [2.05, 4.69) is 25.9 Å². The fourth-order valence-electron chi connectivity index (χ4n) is 6.30. The van der Waals surface area contributed by atoms with Crippen LogP contribution in [0.2, 0.25) is 6.82 Å². The summed E-state index contributed by atoms with van der Waals surface area (Å²) in [6.07, 6.45) is -0.401. The number of carbonyl (C=O) groups is 3. The van der Waals surface area contributed by atoms with Crippen molar-refractivity contribution < 1.29 is 66.8 Å². The predicted molar refractivity (Wildman–Crippen MR) is 195 cm³/mol. The SMILES string of the molecule is CB(O)N1CCC(CC(=O)Nc2ccn([C@@H]3CO[C@H](CO)O3)c(=O)n2)CC1.O=C(CC1CCNCC1)Nc1ccn([C@@H]2CO[C@H](CO)O2)c(=O)n1.O=C(O)C(F)(F)F. The van der Waals surface area contributed by atoms with Gasteiger partial charge in [0.25, 0.3) is 0 Å². The van der Waals surface area contributed by atoms with E-state index in [9.17, 15) is 37.4 Å². The summed E-state index contributed by atoms with van der Waals surface area (Å²) in [5, 5.41) is 43.3. The number of carboxylic acid groups (broad SMARTS) is 1. The quantitative estimate of drug-likeness (QED) is 0.138. The standard InChI is InChI=1S/C16H25BN4O6.C15H22N4O5.C2HF3O2/c1-17(25)20-5-2-11(3-6-20)8-13(23)18-12-4-7-21(16(24)19-12)14-10-26-15(9-22)27-14;20-8-14-23-9-13(24-14)19-6-3-11(18-15(19)22)17-12(21)7-10-1-4-16-5-2-10;3-2(4,5)1(6)7/h4,7,11,14-15,22,25H,2-3,5-6,8-10H2,1H3,(H,18,19,23,24);3,6,10,13-14,16,20H,1-2,4-5,7-9H2,(H,17,18,21,22);(H,6,7)/t14-,15-;13-,14-;/m00./s1. The van der Waals surface area contributed by atoms with Gasteiger partial charge in [0.1, 0.15) is 11.6 Å². The Balaban J connectivity index is 0.000000222. The second-order valence-electron chi connectivity index (χ2n) is 13.7. The first-order valence-electron chi connectivity index (χ1n) is 18.5. The predicted octanol–water partition coefficient (Wildman–Crippen LogP) is -0.673. The van der Waals surface area contributed by atoms with Gasteiger partial charge in [0.05, 0.1) is 26.4 Å². The third kappa shape index (κ3) is 14.5. The average molecular weight is 833 g/mol. The van der Waals surface area contributed by atoms with Gasteiger partial charge in [0, 0.05) is 25.2 Å². The van der Waals surface area contributed by atoms with Gasteiger partial charge in [-0.1, -0.05) is 0 Å².